The van der Waals surface area contributed by atoms with Crippen molar-refractivity contribution in [3.05, 3.63) is 30.0 Å². The number of piperidine rings is 1. The third-order valence-corrected chi connectivity index (χ3v) is 5.26. The number of fused-ring (bicyclic) bond motifs is 1. The molecule has 7 heteroatoms. The van der Waals surface area contributed by atoms with E-state index in [2.05, 4.69) is 46.6 Å². The normalized spacial score (nSPS) is 16.0. The molecule has 1 aliphatic heterocycles. The lowest BCUT2D eigenvalue weighted by atomic mass is 10.1. The maximum absolute atomic E-state index is 12.2. The SMILES string of the molecule is CC(C)OCCN1CCC(NC(=O)NCCc2nn(C)c3ccccc23)CC1. The smallest absolute Gasteiger partial charge is 0.315 e. The molecule has 3 rings (SSSR count). The van der Waals surface area contributed by atoms with Crippen molar-refractivity contribution >= 4 is 16.9 Å². The minimum atomic E-state index is -0.0816. The summed E-state index contributed by atoms with van der Waals surface area (Å²) in [7, 11) is 1.95. The van der Waals surface area contributed by atoms with Gasteiger partial charge in [-0.05, 0) is 32.8 Å². The molecule has 0 radical (unpaired) electrons. The highest BCUT2D eigenvalue weighted by Gasteiger charge is 2.20. The second-order valence-electron chi connectivity index (χ2n) is 7.77. The molecule has 0 saturated carbocycles. The summed E-state index contributed by atoms with van der Waals surface area (Å²) in [5.74, 6) is 0. The van der Waals surface area contributed by atoms with Crippen LogP contribution in [0.5, 0.6) is 0 Å². The topological polar surface area (TPSA) is 71.4 Å². The number of likely N-dealkylation sites (tertiary alicyclic amines) is 1. The second kappa shape index (κ2) is 9.89. The number of urea groups is 1. The number of carbonyl (C=O) groups is 1. The summed E-state index contributed by atoms with van der Waals surface area (Å²) in [6.45, 7) is 8.46. The summed E-state index contributed by atoms with van der Waals surface area (Å²) in [5.41, 5.74) is 2.14. The molecule has 2 amide bonds. The molecule has 1 aliphatic rings. The fourth-order valence-electron chi connectivity index (χ4n) is 3.72. The van der Waals surface area contributed by atoms with Crippen LogP contribution in [0, 0.1) is 0 Å². The standard InChI is InChI=1S/C21H33N5O2/c1-16(2)28-15-14-26-12-9-17(10-13-26)23-21(27)22-11-8-19-18-6-4-5-7-20(18)25(3)24-19/h4-7,16-17H,8-15H2,1-3H3,(H2,22,23,27). The largest absolute Gasteiger partial charge is 0.377 e. The molecule has 7 nitrogen and oxygen atoms in total. The zero-order valence-corrected chi connectivity index (χ0v) is 17.3. The first-order chi connectivity index (χ1) is 13.5. The van der Waals surface area contributed by atoms with E-state index in [1.54, 1.807) is 0 Å². The first-order valence-corrected chi connectivity index (χ1v) is 10.3. The van der Waals surface area contributed by atoms with Gasteiger partial charge in [0.2, 0.25) is 0 Å². The van der Waals surface area contributed by atoms with E-state index in [4.69, 9.17) is 4.74 Å². The highest BCUT2D eigenvalue weighted by atomic mass is 16.5. The van der Waals surface area contributed by atoms with Crippen LogP contribution in [0.4, 0.5) is 4.79 Å². The number of hydrogen-bond donors (Lipinski definition) is 2. The number of benzene rings is 1. The number of rotatable bonds is 8. The molecule has 1 aromatic heterocycles. The Morgan fingerprint density at radius 3 is 2.79 bits per heavy atom. The van der Waals surface area contributed by atoms with Gasteiger partial charge in [-0.2, -0.15) is 5.10 Å². The van der Waals surface area contributed by atoms with Crippen LogP contribution in [0.25, 0.3) is 10.9 Å². The van der Waals surface area contributed by atoms with Crippen LogP contribution in [0.2, 0.25) is 0 Å². The number of hydrogen-bond acceptors (Lipinski definition) is 4. The zero-order chi connectivity index (χ0) is 19.9. The quantitative estimate of drug-likeness (QED) is 0.729. The highest BCUT2D eigenvalue weighted by molar-refractivity contribution is 5.82. The molecule has 1 aromatic carbocycles. The first kappa shape index (κ1) is 20.6. The number of aromatic nitrogens is 2. The van der Waals surface area contributed by atoms with E-state index < -0.39 is 0 Å². The molecule has 2 aromatic rings. The molecule has 0 aliphatic carbocycles. The van der Waals surface area contributed by atoms with E-state index in [-0.39, 0.29) is 18.2 Å². The van der Waals surface area contributed by atoms with Crippen molar-refractivity contribution in [2.75, 3.05) is 32.8 Å². The van der Waals surface area contributed by atoms with Crippen LogP contribution >= 0.6 is 0 Å². The zero-order valence-electron chi connectivity index (χ0n) is 17.3. The van der Waals surface area contributed by atoms with Gasteiger partial charge in [-0.1, -0.05) is 18.2 Å². The van der Waals surface area contributed by atoms with Gasteiger partial charge in [-0.15, -0.1) is 0 Å². The molecule has 1 fully saturated rings. The second-order valence-corrected chi connectivity index (χ2v) is 7.77. The Hall–Kier alpha value is -2.12. The van der Waals surface area contributed by atoms with Gasteiger partial charge in [0, 0.05) is 51.1 Å². The third kappa shape index (κ3) is 5.69. The van der Waals surface area contributed by atoms with Crippen molar-refractivity contribution in [1.82, 2.24) is 25.3 Å². The van der Waals surface area contributed by atoms with Crippen molar-refractivity contribution in [3.63, 3.8) is 0 Å². The summed E-state index contributed by atoms with van der Waals surface area (Å²) in [6.07, 6.45) is 2.98. The summed E-state index contributed by atoms with van der Waals surface area (Å²) >= 11 is 0. The summed E-state index contributed by atoms with van der Waals surface area (Å²) < 4.78 is 7.51. The molecule has 1 saturated heterocycles. The van der Waals surface area contributed by atoms with Gasteiger partial charge in [0.05, 0.1) is 23.9 Å². The fraction of sp³-hybridized carbons (Fsp3) is 0.619. The Labute approximate surface area is 167 Å². The van der Waals surface area contributed by atoms with E-state index in [0.717, 1.165) is 62.1 Å². The van der Waals surface area contributed by atoms with E-state index >= 15 is 0 Å². The minimum Gasteiger partial charge on any atom is -0.377 e. The van der Waals surface area contributed by atoms with Gasteiger partial charge in [-0.3, -0.25) is 4.68 Å². The number of nitrogens with one attached hydrogen (secondary N) is 2. The van der Waals surface area contributed by atoms with Gasteiger partial charge < -0.3 is 20.3 Å². The molecule has 2 N–H and O–H groups in total. The Kier molecular flexibility index (Phi) is 7.28. The molecule has 2 heterocycles. The van der Waals surface area contributed by atoms with Crippen LogP contribution < -0.4 is 10.6 Å². The monoisotopic (exact) mass is 387 g/mol. The molecule has 0 spiro atoms. The van der Waals surface area contributed by atoms with Crippen LogP contribution in [-0.2, 0) is 18.2 Å². The van der Waals surface area contributed by atoms with Crippen molar-refractivity contribution in [2.24, 2.45) is 7.05 Å². The summed E-state index contributed by atoms with van der Waals surface area (Å²) in [4.78, 5) is 14.6. The van der Waals surface area contributed by atoms with E-state index in [9.17, 15) is 4.79 Å². The summed E-state index contributed by atoms with van der Waals surface area (Å²) in [5, 5.41) is 11.8. The lowest BCUT2D eigenvalue weighted by Gasteiger charge is -2.32. The highest BCUT2D eigenvalue weighted by Crippen LogP contribution is 2.17. The number of nitrogens with zero attached hydrogens (tertiary/aromatic N) is 3. The van der Waals surface area contributed by atoms with Gasteiger partial charge in [-0.25, -0.2) is 4.79 Å². The van der Waals surface area contributed by atoms with Crippen molar-refractivity contribution < 1.29 is 9.53 Å². The van der Waals surface area contributed by atoms with Crippen molar-refractivity contribution in [2.45, 2.75) is 45.3 Å². The van der Waals surface area contributed by atoms with E-state index in [1.807, 2.05) is 23.9 Å². The predicted octanol–water partition coefficient (Wildman–Crippen LogP) is 2.30. The van der Waals surface area contributed by atoms with E-state index in [1.165, 1.54) is 0 Å². The number of amides is 2. The molecule has 154 valence electrons. The number of carbonyl (C=O) groups excluding carboxylic acids is 1. The minimum absolute atomic E-state index is 0.0816. The van der Waals surface area contributed by atoms with Gasteiger partial charge in [0.15, 0.2) is 0 Å². The first-order valence-electron chi connectivity index (χ1n) is 10.3. The summed E-state index contributed by atoms with van der Waals surface area (Å²) in [6, 6.07) is 8.35. The van der Waals surface area contributed by atoms with Gasteiger partial charge in [0.1, 0.15) is 0 Å². The van der Waals surface area contributed by atoms with Gasteiger partial charge in [0.25, 0.3) is 0 Å². The van der Waals surface area contributed by atoms with Crippen molar-refractivity contribution in [1.29, 1.82) is 0 Å². The number of ether oxygens (including phenoxy) is 1. The lowest BCUT2D eigenvalue weighted by Crippen LogP contribution is -2.48. The molecular weight excluding hydrogens is 354 g/mol. The Balaban J connectivity index is 1.35. The van der Waals surface area contributed by atoms with Crippen molar-refractivity contribution in [3.8, 4) is 0 Å². The molecule has 0 atom stereocenters. The average molecular weight is 388 g/mol. The Bertz CT molecular complexity index is 765. The Morgan fingerprint density at radius 1 is 1.29 bits per heavy atom. The molecule has 0 unspecified atom stereocenters. The maximum atomic E-state index is 12.2. The molecule has 0 bridgehead atoms. The molecular formula is C21H33N5O2. The maximum Gasteiger partial charge on any atom is 0.315 e. The lowest BCUT2D eigenvalue weighted by molar-refractivity contribution is 0.0529. The van der Waals surface area contributed by atoms with Crippen LogP contribution in [0.3, 0.4) is 0 Å². The van der Waals surface area contributed by atoms with Gasteiger partial charge >= 0.3 is 6.03 Å². The Morgan fingerprint density at radius 2 is 2.04 bits per heavy atom. The van der Waals surface area contributed by atoms with Crippen LogP contribution in [0.15, 0.2) is 24.3 Å². The average Bonchev–Trinajstić information content (AvgIpc) is 2.99. The fourth-order valence-corrected chi connectivity index (χ4v) is 3.72. The number of para-hydroxylation sites is 1. The number of aryl methyl sites for hydroxylation is 1. The van der Waals surface area contributed by atoms with Crippen LogP contribution in [-0.4, -0.2) is 65.6 Å². The molecule has 28 heavy (non-hydrogen) atoms. The predicted molar refractivity (Wildman–Crippen MR) is 112 cm³/mol. The van der Waals surface area contributed by atoms with Crippen LogP contribution in [0.1, 0.15) is 32.4 Å². The third-order valence-electron chi connectivity index (χ3n) is 5.26. The van der Waals surface area contributed by atoms with E-state index in [0.29, 0.717) is 6.54 Å².